The number of para-hydroxylation sites is 3. The van der Waals surface area contributed by atoms with Gasteiger partial charge in [-0.15, -0.1) is 0 Å². The quantitative estimate of drug-likeness (QED) is 0.547. The Morgan fingerprint density at radius 1 is 0.963 bits per heavy atom. The Hall–Kier alpha value is -3.93. The number of pyridine rings is 1. The van der Waals surface area contributed by atoms with Gasteiger partial charge >= 0.3 is 0 Å². The number of rotatable bonds is 4. The lowest BCUT2D eigenvalue weighted by molar-refractivity contribution is 0.477. The molecule has 0 saturated heterocycles. The highest BCUT2D eigenvalue weighted by Gasteiger charge is 2.16. The Balaban J connectivity index is 1.88. The second-order valence-electron chi connectivity index (χ2n) is 5.84. The summed E-state index contributed by atoms with van der Waals surface area (Å²) in [5, 5.41) is 13.0. The van der Waals surface area contributed by atoms with Crippen molar-refractivity contribution >= 4 is 11.9 Å². The number of aromatic hydroxyl groups is 1. The second kappa shape index (κ2) is 7.13. The molecule has 0 amide bonds. The van der Waals surface area contributed by atoms with Crippen LogP contribution >= 0.6 is 0 Å². The lowest BCUT2D eigenvalue weighted by atomic mass is 10.2. The van der Waals surface area contributed by atoms with Gasteiger partial charge in [-0.25, -0.2) is 4.68 Å². The zero-order valence-electron chi connectivity index (χ0n) is 14.3. The molecule has 6 heteroatoms. The molecule has 0 spiro atoms. The van der Waals surface area contributed by atoms with Crippen LogP contribution in [0, 0.1) is 0 Å². The number of aromatic nitrogens is 3. The minimum Gasteiger partial charge on any atom is -0.506 e. The van der Waals surface area contributed by atoms with Gasteiger partial charge in [0, 0.05) is 12.4 Å². The lowest BCUT2D eigenvalue weighted by Crippen LogP contribution is -2.17. The van der Waals surface area contributed by atoms with Gasteiger partial charge < -0.3 is 5.11 Å². The van der Waals surface area contributed by atoms with Gasteiger partial charge in [-0.05, 0) is 36.4 Å². The molecular formula is C21H16N4O2. The SMILES string of the molecule is O=c1c(C=Nc2ccccc2O)c(-c2ccccn2)[nH]n1-c1ccccc1. The first-order valence-corrected chi connectivity index (χ1v) is 8.38. The maximum Gasteiger partial charge on any atom is 0.280 e. The van der Waals surface area contributed by atoms with Crippen LogP contribution in [-0.4, -0.2) is 26.1 Å². The van der Waals surface area contributed by atoms with Gasteiger partial charge in [0.1, 0.15) is 11.4 Å². The van der Waals surface area contributed by atoms with Crippen molar-refractivity contribution in [1.82, 2.24) is 14.8 Å². The largest absolute Gasteiger partial charge is 0.506 e. The molecule has 2 aromatic carbocycles. The number of nitrogens with zero attached hydrogens (tertiary/aromatic N) is 3. The highest BCUT2D eigenvalue weighted by molar-refractivity contribution is 5.89. The van der Waals surface area contributed by atoms with E-state index in [0.717, 1.165) is 0 Å². The highest BCUT2D eigenvalue weighted by atomic mass is 16.3. The van der Waals surface area contributed by atoms with E-state index in [-0.39, 0.29) is 11.3 Å². The third-order valence-corrected chi connectivity index (χ3v) is 4.08. The second-order valence-corrected chi connectivity index (χ2v) is 5.84. The minimum absolute atomic E-state index is 0.0482. The van der Waals surface area contributed by atoms with Crippen molar-refractivity contribution in [2.75, 3.05) is 0 Å². The maximum atomic E-state index is 13.0. The first-order chi connectivity index (χ1) is 13.2. The third-order valence-electron chi connectivity index (χ3n) is 4.08. The topological polar surface area (TPSA) is 83.3 Å². The summed E-state index contributed by atoms with van der Waals surface area (Å²) in [4.78, 5) is 21.6. The molecule has 2 aromatic heterocycles. The monoisotopic (exact) mass is 356 g/mol. The number of phenols is 1. The summed E-state index contributed by atoms with van der Waals surface area (Å²) in [5.74, 6) is 0.0482. The van der Waals surface area contributed by atoms with Crippen molar-refractivity contribution in [3.05, 3.63) is 94.9 Å². The van der Waals surface area contributed by atoms with Crippen LogP contribution in [0.4, 0.5) is 5.69 Å². The zero-order chi connectivity index (χ0) is 18.6. The molecule has 4 rings (SSSR count). The van der Waals surface area contributed by atoms with Crippen LogP contribution in [0.25, 0.3) is 17.1 Å². The Labute approximate surface area is 155 Å². The van der Waals surface area contributed by atoms with E-state index in [0.29, 0.717) is 28.3 Å². The lowest BCUT2D eigenvalue weighted by Gasteiger charge is -2.01. The summed E-state index contributed by atoms with van der Waals surface area (Å²) in [6.45, 7) is 0. The number of hydrogen-bond acceptors (Lipinski definition) is 4. The van der Waals surface area contributed by atoms with Crippen molar-refractivity contribution in [3.8, 4) is 22.8 Å². The van der Waals surface area contributed by atoms with Crippen molar-refractivity contribution in [2.24, 2.45) is 4.99 Å². The van der Waals surface area contributed by atoms with Gasteiger partial charge in [-0.3, -0.25) is 19.9 Å². The molecule has 6 nitrogen and oxygen atoms in total. The molecule has 0 atom stereocenters. The summed E-state index contributed by atoms with van der Waals surface area (Å²) >= 11 is 0. The van der Waals surface area contributed by atoms with Gasteiger partial charge in [-0.1, -0.05) is 36.4 Å². The highest BCUT2D eigenvalue weighted by Crippen LogP contribution is 2.25. The molecule has 0 aliphatic rings. The number of phenolic OH excluding ortho intramolecular Hbond substituents is 1. The summed E-state index contributed by atoms with van der Waals surface area (Å²) in [7, 11) is 0. The third kappa shape index (κ3) is 3.28. The smallest absolute Gasteiger partial charge is 0.280 e. The van der Waals surface area contributed by atoms with Crippen molar-refractivity contribution in [1.29, 1.82) is 0 Å². The predicted octanol–water partition coefficient (Wildman–Crippen LogP) is 3.68. The van der Waals surface area contributed by atoms with Crippen LogP contribution in [0.1, 0.15) is 5.56 Å². The minimum atomic E-state index is -0.249. The van der Waals surface area contributed by atoms with E-state index in [4.69, 9.17) is 0 Å². The summed E-state index contributed by atoms with van der Waals surface area (Å²) < 4.78 is 1.45. The van der Waals surface area contributed by atoms with Crippen molar-refractivity contribution < 1.29 is 5.11 Å². The average Bonchev–Trinajstić information content (AvgIpc) is 3.05. The van der Waals surface area contributed by atoms with E-state index in [1.165, 1.54) is 10.9 Å². The van der Waals surface area contributed by atoms with Crippen LogP contribution < -0.4 is 5.56 Å². The molecule has 0 aliphatic carbocycles. The molecule has 27 heavy (non-hydrogen) atoms. The van der Waals surface area contributed by atoms with Crippen LogP contribution in [0.2, 0.25) is 0 Å². The fourth-order valence-corrected chi connectivity index (χ4v) is 2.74. The summed E-state index contributed by atoms with van der Waals surface area (Å²) in [5.41, 5.74) is 2.40. The number of benzene rings is 2. The fraction of sp³-hybridized carbons (Fsp3) is 0. The van der Waals surface area contributed by atoms with E-state index in [1.807, 2.05) is 48.5 Å². The first-order valence-electron chi connectivity index (χ1n) is 8.38. The number of hydrogen-bond donors (Lipinski definition) is 2. The molecule has 0 fully saturated rings. The van der Waals surface area contributed by atoms with E-state index in [1.54, 1.807) is 30.5 Å². The Bertz CT molecular complexity index is 1150. The zero-order valence-corrected chi connectivity index (χ0v) is 14.3. The maximum absolute atomic E-state index is 13.0. The average molecular weight is 356 g/mol. The molecule has 0 bridgehead atoms. The van der Waals surface area contributed by atoms with Crippen molar-refractivity contribution in [3.63, 3.8) is 0 Å². The predicted molar refractivity (Wildman–Crippen MR) is 105 cm³/mol. The summed E-state index contributed by atoms with van der Waals surface area (Å²) in [6, 6.07) is 21.5. The van der Waals surface area contributed by atoms with Gasteiger partial charge in [0.05, 0.1) is 22.6 Å². The summed E-state index contributed by atoms with van der Waals surface area (Å²) in [6.07, 6.45) is 3.12. The molecular weight excluding hydrogens is 340 g/mol. The van der Waals surface area contributed by atoms with E-state index in [9.17, 15) is 9.90 Å². The van der Waals surface area contributed by atoms with Gasteiger partial charge in [-0.2, -0.15) is 0 Å². The molecule has 0 saturated carbocycles. The van der Waals surface area contributed by atoms with Gasteiger partial charge in [0.2, 0.25) is 0 Å². The molecule has 2 N–H and O–H groups in total. The number of nitrogens with one attached hydrogen (secondary N) is 1. The number of aromatic amines is 1. The first kappa shape index (κ1) is 16.5. The molecule has 132 valence electrons. The molecule has 2 heterocycles. The normalized spacial score (nSPS) is 11.1. The van der Waals surface area contributed by atoms with Crippen LogP contribution in [0.5, 0.6) is 5.75 Å². The molecule has 0 unspecified atom stereocenters. The van der Waals surface area contributed by atoms with E-state index >= 15 is 0 Å². The van der Waals surface area contributed by atoms with Crippen LogP contribution in [-0.2, 0) is 0 Å². The standard InChI is InChI=1S/C21H16N4O2/c26-19-12-5-4-10-17(19)23-14-16-20(18-11-6-7-13-22-18)24-25(21(16)27)15-8-2-1-3-9-15/h1-14,24,26H. The van der Waals surface area contributed by atoms with Gasteiger partial charge in [0.15, 0.2) is 0 Å². The number of H-pyrrole nitrogens is 1. The fourth-order valence-electron chi connectivity index (χ4n) is 2.74. The number of aliphatic imine (C=N–C) groups is 1. The van der Waals surface area contributed by atoms with E-state index < -0.39 is 0 Å². The Morgan fingerprint density at radius 2 is 1.70 bits per heavy atom. The van der Waals surface area contributed by atoms with Crippen LogP contribution in [0.3, 0.4) is 0 Å². The van der Waals surface area contributed by atoms with Crippen molar-refractivity contribution in [2.45, 2.75) is 0 Å². The van der Waals surface area contributed by atoms with E-state index in [2.05, 4.69) is 15.1 Å². The molecule has 0 aliphatic heterocycles. The van der Waals surface area contributed by atoms with Crippen LogP contribution in [0.15, 0.2) is 88.8 Å². The molecule has 4 aromatic rings. The molecule has 0 radical (unpaired) electrons. The Kier molecular flexibility index (Phi) is 4.37. The Morgan fingerprint density at radius 3 is 2.44 bits per heavy atom. The van der Waals surface area contributed by atoms with Gasteiger partial charge in [0.25, 0.3) is 5.56 Å².